The first-order valence-corrected chi connectivity index (χ1v) is 8.84. The Kier molecular flexibility index (Phi) is 5.41. The van der Waals surface area contributed by atoms with Gasteiger partial charge in [0.2, 0.25) is 0 Å². The van der Waals surface area contributed by atoms with E-state index in [0.717, 1.165) is 5.56 Å². The molecule has 0 unspecified atom stereocenters. The van der Waals surface area contributed by atoms with Crippen molar-refractivity contribution in [3.8, 4) is 5.75 Å². The highest BCUT2D eigenvalue weighted by Gasteiger charge is 2.38. The highest BCUT2D eigenvalue weighted by Crippen LogP contribution is 2.33. The molecule has 2 amide bonds. The van der Waals surface area contributed by atoms with E-state index in [1.807, 2.05) is 62.4 Å². The van der Waals surface area contributed by atoms with Crippen molar-refractivity contribution in [3.05, 3.63) is 78.0 Å². The monoisotopic (exact) mass is 362 g/mol. The molecule has 1 heterocycles. The highest BCUT2D eigenvalue weighted by atomic mass is 16.5. The molecule has 3 rings (SSSR count). The van der Waals surface area contributed by atoms with Gasteiger partial charge in [-0.25, -0.2) is 0 Å². The Morgan fingerprint density at radius 3 is 2.44 bits per heavy atom. The fourth-order valence-corrected chi connectivity index (χ4v) is 2.96. The molecule has 0 fully saturated rings. The first-order valence-electron chi connectivity index (χ1n) is 8.84. The van der Waals surface area contributed by atoms with Crippen LogP contribution in [0.3, 0.4) is 0 Å². The molecule has 2 aromatic carbocycles. The van der Waals surface area contributed by atoms with Crippen LogP contribution in [0.2, 0.25) is 0 Å². The van der Waals surface area contributed by atoms with Gasteiger partial charge in [-0.1, -0.05) is 48.0 Å². The van der Waals surface area contributed by atoms with E-state index in [1.165, 1.54) is 4.90 Å². The number of anilines is 1. The minimum Gasteiger partial charge on any atom is -0.492 e. The van der Waals surface area contributed by atoms with Crippen molar-refractivity contribution >= 4 is 23.1 Å². The van der Waals surface area contributed by atoms with Gasteiger partial charge in [0, 0.05) is 6.54 Å². The van der Waals surface area contributed by atoms with Crippen molar-refractivity contribution in [2.24, 2.45) is 0 Å². The quantitative estimate of drug-likeness (QED) is 0.602. The van der Waals surface area contributed by atoms with Gasteiger partial charge < -0.3 is 10.1 Å². The molecule has 0 aromatic heterocycles. The SMILES string of the molecule is C=CCN1C(=O)C(Nc2ccccc2OCC)=C(c2ccc(C)cc2)C1=O. The van der Waals surface area contributed by atoms with Gasteiger partial charge in [0.1, 0.15) is 11.4 Å². The third-order valence-electron chi connectivity index (χ3n) is 4.27. The van der Waals surface area contributed by atoms with Gasteiger partial charge in [0.15, 0.2) is 0 Å². The number of carbonyl (C=O) groups excluding carboxylic acids is 2. The highest BCUT2D eigenvalue weighted by molar-refractivity contribution is 6.36. The van der Waals surface area contributed by atoms with Crippen molar-refractivity contribution in [1.29, 1.82) is 0 Å². The Bertz CT molecular complexity index is 913. The fourth-order valence-electron chi connectivity index (χ4n) is 2.96. The topological polar surface area (TPSA) is 58.6 Å². The molecule has 27 heavy (non-hydrogen) atoms. The van der Waals surface area contributed by atoms with Gasteiger partial charge >= 0.3 is 0 Å². The normalized spacial score (nSPS) is 13.9. The van der Waals surface area contributed by atoms with Crippen LogP contribution in [0.25, 0.3) is 5.57 Å². The second-order valence-electron chi connectivity index (χ2n) is 6.18. The molecule has 0 saturated carbocycles. The second kappa shape index (κ2) is 7.91. The second-order valence-corrected chi connectivity index (χ2v) is 6.18. The molecule has 0 radical (unpaired) electrons. The Morgan fingerprint density at radius 1 is 1.07 bits per heavy atom. The largest absolute Gasteiger partial charge is 0.492 e. The summed E-state index contributed by atoms with van der Waals surface area (Å²) < 4.78 is 5.63. The number of imide groups is 1. The van der Waals surface area contributed by atoms with Crippen LogP contribution < -0.4 is 10.1 Å². The predicted molar refractivity (Wildman–Crippen MR) is 106 cm³/mol. The van der Waals surface area contributed by atoms with E-state index in [9.17, 15) is 9.59 Å². The molecular weight excluding hydrogens is 340 g/mol. The zero-order chi connectivity index (χ0) is 19.4. The molecule has 1 aliphatic heterocycles. The molecule has 0 aliphatic carbocycles. The van der Waals surface area contributed by atoms with Crippen molar-refractivity contribution < 1.29 is 14.3 Å². The Balaban J connectivity index is 2.08. The predicted octanol–water partition coefficient (Wildman–Crippen LogP) is 3.77. The number of carbonyl (C=O) groups is 2. The first-order chi connectivity index (χ1) is 13.1. The number of amides is 2. The van der Waals surface area contributed by atoms with E-state index >= 15 is 0 Å². The van der Waals surface area contributed by atoms with Crippen LogP contribution in [0.1, 0.15) is 18.1 Å². The summed E-state index contributed by atoms with van der Waals surface area (Å²) >= 11 is 0. The average molecular weight is 362 g/mol. The molecule has 1 N–H and O–H groups in total. The molecule has 5 nitrogen and oxygen atoms in total. The van der Waals surface area contributed by atoms with Gasteiger partial charge in [0.05, 0.1) is 17.9 Å². The van der Waals surface area contributed by atoms with Crippen LogP contribution in [0.15, 0.2) is 66.9 Å². The average Bonchev–Trinajstić information content (AvgIpc) is 2.89. The van der Waals surface area contributed by atoms with Gasteiger partial charge in [-0.05, 0) is 31.5 Å². The van der Waals surface area contributed by atoms with Crippen LogP contribution in [-0.4, -0.2) is 29.9 Å². The Hall–Kier alpha value is -3.34. The lowest BCUT2D eigenvalue weighted by Gasteiger charge is -2.14. The summed E-state index contributed by atoms with van der Waals surface area (Å²) in [5.74, 6) is -0.0832. The molecule has 0 bridgehead atoms. The van der Waals surface area contributed by atoms with E-state index in [2.05, 4.69) is 11.9 Å². The maximum atomic E-state index is 12.9. The molecule has 0 spiro atoms. The summed E-state index contributed by atoms with van der Waals surface area (Å²) in [7, 11) is 0. The van der Waals surface area contributed by atoms with Gasteiger partial charge in [0.25, 0.3) is 11.8 Å². The third-order valence-corrected chi connectivity index (χ3v) is 4.27. The Morgan fingerprint density at radius 2 is 1.78 bits per heavy atom. The lowest BCUT2D eigenvalue weighted by atomic mass is 10.0. The van der Waals surface area contributed by atoms with Crippen molar-refractivity contribution in [2.45, 2.75) is 13.8 Å². The summed E-state index contributed by atoms with van der Waals surface area (Å²) in [5.41, 5.74) is 3.02. The number of nitrogens with one attached hydrogen (secondary N) is 1. The summed E-state index contributed by atoms with van der Waals surface area (Å²) in [5, 5.41) is 3.13. The van der Waals surface area contributed by atoms with Crippen molar-refractivity contribution in [2.75, 3.05) is 18.5 Å². The van der Waals surface area contributed by atoms with Crippen LogP contribution in [0.5, 0.6) is 5.75 Å². The molecular formula is C22H22N2O3. The third kappa shape index (κ3) is 3.62. The zero-order valence-corrected chi connectivity index (χ0v) is 15.5. The summed E-state index contributed by atoms with van der Waals surface area (Å²) in [6.45, 7) is 8.17. The first kappa shape index (κ1) is 18.5. The molecule has 1 aliphatic rings. The van der Waals surface area contributed by atoms with E-state index in [-0.39, 0.29) is 24.1 Å². The summed E-state index contributed by atoms with van der Waals surface area (Å²) in [6, 6.07) is 14.9. The van der Waals surface area contributed by atoms with Gasteiger partial charge in [-0.3, -0.25) is 14.5 Å². The lowest BCUT2D eigenvalue weighted by molar-refractivity contribution is -0.136. The smallest absolute Gasteiger partial charge is 0.278 e. The Labute approximate surface area is 158 Å². The minimum atomic E-state index is -0.373. The molecule has 2 aromatic rings. The number of benzene rings is 2. The van der Waals surface area contributed by atoms with Crippen molar-refractivity contribution in [1.82, 2.24) is 4.90 Å². The van der Waals surface area contributed by atoms with Crippen LogP contribution in [0.4, 0.5) is 5.69 Å². The van der Waals surface area contributed by atoms with Gasteiger partial charge in [-0.2, -0.15) is 0 Å². The zero-order valence-electron chi connectivity index (χ0n) is 15.5. The number of hydrogen-bond donors (Lipinski definition) is 1. The minimum absolute atomic E-state index is 0.158. The van der Waals surface area contributed by atoms with E-state index in [4.69, 9.17) is 4.74 Å². The standard InChI is InChI=1S/C22H22N2O3/c1-4-14-24-21(25)19(16-12-10-15(3)11-13-16)20(22(24)26)23-17-8-6-7-9-18(17)27-5-2/h4,6-13,23H,1,5,14H2,2-3H3. The van der Waals surface area contributed by atoms with Gasteiger partial charge in [-0.15, -0.1) is 6.58 Å². The summed E-state index contributed by atoms with van der Waals surface area (Å²) in [6.07, 6.45) is 1.54. The molecule has 138 valence electrons. The van der Waals surface area contributed by atoms with E-state index in [0.29, 0.717) is 29.2 Å². The van der Waals surface area contributed by atoms with E-state index < -0.39 is 0 Å². The lowest BCUT2D eigenvalue weighted by Crippen LogP contribution is -2.32. The van der Waals surface area contributed by atoms with Crippen LogP contribution in [-0.2, 0) is 9.59 Å². The number of para-hydroxylation sites is 2. The number of ether oxygens (including phenoxy) is 1. The molecule has 0 saturated heterocycles. The van der Waals surface area contributed by atoms with Crippen LogP contribution in [0, 0.1) is 6.92 Å². The van der Waals surface area contributed by atoms with Crippen molar-refractivity contribution in [3.63, 3.8) is 0 Å². The van der Waals surface area contributed by atoms with Crippen LogP contribution >= 0.6 is 0 Å². The number of hydrogen-bond acceptors (Lipinski definition) is 4. The number of aryl methyl sites for hydroxylation is 1. The number of nitrogens with zero attached hydrogens (tertiary/aromatic N) is 1. The van der Waals surface area contributed by atoms with E-state index in [1.54, 1.807) is 6.08 Å². The number of rotatable bonds is 7. The fraction of sp³-hybridized carbons (Fsp3) is 0.182. The summed E-state index contributed by atoms with van der Waals surface area (Å²) in [4.78, 5) is 27.0. The molecule has 0 atom stereocenters. The maximum Gasteiger partial charge on any atom is 0.278 e. The maximum absolute atomic E-state index is 12.9. The molecule has 5 heteroatoms.